The van der Waals surface area contributed by atoms with Crippen LogP contribution in [0.5, 0.6) is 0 Å². The van der Waals surface area contributed by atoms with E-state index in [1.165, 1.54) is 17.7 Å². The summed E-state index contributed by atoms with van der Waals surface area (Å²) in [5.74, 6) is 0.559. The fourth-order valence-corrected chi connectivity index (χ4v) is 3.75. The first-order valence-corrected chi connectivity index (χ1v) is 11.4. The van der Waals surface area contributed by atoms with Crippen molar-refractivity contribution < 1.29 is 13.9 Å². The maximum Gasteiger partial charge on any atom is 0.191 e. The average molecular weight is 443 g/mol. The molecule has 1 aliphatic rings. The van der Waals surface area contributed by atoms with E-state index in [-0.39, 0.29) is 11.9 Å². The molecule has 1 unspecified atom stereocenters. The predicted molar refractivity (Wildman–Crippen MR) is 126 cm³/mol. The topological polar surface area (TPSA) is 58.1 Å². The van der Waals surface area contributed by atoms with Crippen molar-refractivity contribution in [3.63, 3.8) is 0 Å². The predicted octanol–water partition coefficient (Wildman–Crippen LogP) is 3.36. The molecule has 1 saturated heterocycles. The van der Waals surface area contributed by atoms with Gasteiger partial charge < -0.3 is 20.1 Å². The van der Waals surface area contributed by atoms with Crippen LogP contribution in [0.2, 0.25) is 0 Å². The van der Waals surface area contributed by atoms with Crippen molar-refractivity contribution in [2.75, 3.05) is 53.0 Å². The van der Waals surface area contributed by atoms with Crippen LogP contribution in [0.15, 0.2) is 59.6 Å². The number of ether oxygens (including phenoxy) is 2. The molecule has 0 saturated carbocycles. The minimum Gasteiger partial charge on any atom is -0.379 e. The van der Waals surface area contributed by atoms with E-state index in [9.17, 15) is 4.39 Å². The maximum absolute atomic E-state index is 13.4. The van der Waals surface area contributed by atoms with Crippen molar-refractivity contribution >= 4 is 5.96 Å². The summed E-state index contributed by atoms with van der Waals surface area (Å²) in [7, 11) is 1.78. The molecule has 0 spiro atoms. The average Bonchev–Trinajstić information content (AvgIpc) is 2.84. The van der Waals surface area contributed by atoms with Gasteiger partial charge in [0.2, 0.25) is 0 Å². The molecule has 1 atom stereocenters. The van der Waals surface area contributed by atoms with Gasteiger partial charge in [0, 0.05) is 39.8 Å². The lowest BCUT2D eigenvalue weighted by molar-refractivity contribution is 0.0170. The van der Waals surface area contributed by atoms with E-state index in [0.29, 0.717) is 13.2 Å². The molecule has 0 aromatic heterocycles. The van der Waals surface area contributed by atoms with Crippen molar-refractivity contribution in [3.8, 4) is 0 Å². The molecule has 174 valence electrons. The first-order chi connectivity index (χ1) is 15.8. The first-order valence-electron chi connectivity index (χ1n) is 11.4. The Labute approximate surface area is 190 Å². The van der Waals surface area contributed by atoms with E-state index in [4.69, 9.17) is 9.47 Å². The van der Waals surface area contributed by atoms with Crippen molar-refractivity contribution in [1.82, 2.24) is 15.5 Å². The Morgan fingerprint density at radius 2 is 1.81 bits per heavy atom. The van der Waals surface area contributed by atoms with Gasteiger partial charge in [-0.2, -0.15) is 0 Å². The Morgan fingerprint density at radius 1 is 1.06 bits per heavy atom. The highest BCUT2D eigenvalue weighted by molar-refractivity contribution is 5.79. The molecular weight excluding hydrogens is 407 g/mol. The summed E-state index contributed by atoms with van der Waals surface area (Å²) in [6.07, 6.45) is 1.99. The third kappa shape index (κ3) is 8.22. The highest BCUT2D eigenvalue weighted by atomic mass is 19.1. The first kappa shape index (κ1) is 24.2. The van der Waals surface area contributed by atoms with E-state index in [2.05, 4.69) is 32.7 Å². The fourth-order valence-electron chi connectivity index (χ4n) is 3.75. The SMILES string of the molecule is CN=C(NCCCCOCc1ccccc1)NCC(c1ccc(F)cc1)N1CCOCC1. The zero-order valence-electron chi connectivity index (χ0n) is 18.9. The number of aliphatic imine (C=N–C) groups is 1. The summed E-state index contributed by atoms with van der Waals surface area (Å²) in [5.41, 5.74) is 2.29. The summed E-state index contributed by atoms with van der Waals surface area (Å²) in [5, 5.41) is 6.81. The smallest absolute Gasteiger partial charge is 0.191 e. The molecule has 2 N–H and O–H groups in total. The highest BCUT2D eigenvalue weighted by Gasteiger charge is 2.23. The van der Waals surface area contributed by atoms with Crippen molar-refractivity contribution in [1.29, 1.82) is 0 Å². The highest BCUT2D eigenvalue weighted by Crippen LogP contribution is 2.21. The number of unbranched alkanes of at least 4 members (excludes halogenated alkanes) is 1. The molecule has 7 heteroatoms. The number of halogens is 1. The van der Waals surface area contributed by atoms with Gasteiger partial charge >= 0.3 is 0 Å². The van der Waals surface area contributed by atoms with Crippen molar-refractivity contribution in [3.05, 3.63) is 71.5 Å². The summed E-state index contributed by atoms with van der Waals surface area (Å²) in [6, 6.07) is 17.1. The minimum absolute atomic E-state index is 0.129. The second kappa shape index (κ2) is 13.8. The van der Waals surface area contributed by atoms with Crippen LogP contribution in [0.1, 0.15) is 30.0 Å². The largest absolute Gasteiger partial charge is 0.379 e. The van der Waals surface area contributed by atoms with Gasteiger partial charge in [0.15, 0.2) is 5.96 Å². The molecule has 0 bridgehead atoms. The summed E-state index contributed by atoms with van der Waals surface area (Å²) in [6.45, 7) is 6.07. The van der Waals surface area contributed by atoms with Crippen molar-refractivity contribution in [2.24, 2.45) is 4.99 Å². The van der Waals surface area contributed by atoms with Gasteiger partial charge in [0.05, 0.1) is 25.9 Å². The molecule has 1 heterocycles. The Kier molecular flexibility index (Phi) is 10.4. The molecule has 1 aliphatic heterocycles. The number of hydrogen-bond acceptors (Lipinski definition) is 4. The molecule has 32 heavy (non-hydrogen) atoms. The van der Waals surface area contributed by atoms with Crippen LogP contribution < -0.4 is 10.6 Å². The second-order valence-corrected chi connectivity index (χ2v) is 7.84. The van der Waals surface area contributed by atoms with E-state index in [1.54, 1.807) is 7.05 Å². The van der Waals surface area contributed by atoms with Gasteiger partial charge in [0.1, 0.15) is 5.82 Å². The number of nitrogens with one attached hydrogen (secondary N) is 2. The number of rotatable bonds is 11. The number of nitrogens with zero attached hydrogens (tertiary/aromatic N) is 2. The quantitative estimate of drug-likeness (QED) is 0.318. The molecule has 3 rings (SSSR count). The van der Waals surface area contributed by atoms with Crippen LogP contribution >= 0.6 is 0 Å². The lowest BCUT2D eigenvalue weighted by Crippen LogP contribution is -2.46. The number of hydrogen-bond donors (Lipinski definition) is 2. The Hall–Kier alpha value is -2.48. The zero-order chi connectivity index (χ0) is 22.4. The van der Waals surface area contributed by atoms with Gasteiger partial charge in [-0.3, -0.25) is 9.89 Å². The van der Waals surface area contributed by atoms with Gasteiger partial charge in [-0.1, -0.05) is 42.5 Å². The molecular formula is C25H35FN4O2. The molecule has 0 radical (unpaired) electrons. The number of morpholine rings is 1. The minimum atomic E-state index is -0.215. The Balaban J connectivity index is 1.38. The zero-order valence-corrected chi connectivity index (χ0v) is 18.9. The maximum atomic E-state index is 13.4. The van der Waals surface area contributed by atoms with Gasteiger partial charge in [0.25, 0.3) is 0 Å². The normalized spacial score (nSPS) is 16.0. The van der Waals surface area contributed by atoms with Gasteiger partial charge in [-0.25, -0.2) is 4.39 Å². The third-order valence-corrected chi connectivity index (χ3v) is 5.55. The number of benzene rings is 2. The van der Waals surface area contributed by atoms with E-state index >= 15 is 0 Å². The molecule has 0 amide bonds. The van der Waals surface area contributed by atoms with Crippen molar-refractivity contribution in [2.45, 2.75) is 25.5 Å². The monoisotopic (exact) mass is 442 g/mol. The van der Waals surface area contributed by atoms with E-state index in [1.807, 2.05) is 30.3 Å². The molecule has 0 aliphatic carbocycles. The van der Waals surface area contributed by atoms with Crippen LogP contribution in [-0.2, 0) is 16.1 Å². The van der Waals surface area contributed by atoms with Crippen LogP contribution in [0.3, 0.4) is 0 Å². The summed E-state index contributed by atoms with van der Waals surface area (Å²) >= 11 is 0. The third-order valence-electron chi connectivity index (χ3n) is 5.55. The molecule has 6 nitrogen and oxygen atoms in total. The van der Waals surface area contributed by atoms with Crippen LogP contribution in [0.4, 0.5) is 4.39 Å². The van der Waals surface area contributed by atoms with E-state index in [0.717, 1.165) is 63.8 Å². The number of guanidine groups is 1. The van der Waals surface area contributed by atoms with Crippen LogP contribution in [-0.4, -0.2) is 63.9 Å². The summed E-state index contributed by atoms with van der Waals surface area (Å²) < 4.78 is 24.7. The Bertz CT molecular complexity index is 795. The fraction of sp³-hybridized carbons (Fsp3) is 0.480. The Morgan fingerprint density at radius 3 is 2.53 bits per heavy atom. The van der Waals surface area contributed by atoms with Gasteiger partial charge in [-0.05, 0) is 36.1 Å². The molecule has 1 fully saturated rings. The molecule has 2 aromatic carbocycles. The van der Waals surface area contributed by atoms with Crippen LogP contribution in [0, 0.1) is 5.82 Å². The molecule has 2 aromatic rings. The lowest BCUT2D eigenvalue weighted by Gasteiger charge is -2.35. The lowest BCUT2D eigenvalue weighted by atomic mass is 10.0. The van der Waals surface area contributed by atoms with Gasteiger partial charge in [-0.15, -0.1) is 0 Å². The van der Waals surface area contributed by atoms with E-state index < -0.39 is 0 Å². The summed E-state index contributed by atoms with van der Waals surface area (Å²) in [4.78, 5) is 6.72. The van der Waals surface area contributed by atoms with Crippen LogP contribution in [0.25, 0.3) is 0 Å². The standard InChI is InChI=1S/C25H35FN4O2/c1-27-25(28-13-5-6-16-32-20-21-7-3-2-4-8-21)29-19-24(30-14-17-31-18-15-30)22-9-11-23(26)12-10-22/h2-4,7-12,24H,5-6,13-20H2,1H3,(H2,27,28,29). The second-order valence-electron chi connectivity index (χ2n) is 7.84.